The van der Waals surface area contributed by atoms with Crippen LogP contribution in [0.25, 0.3) is 0 Å². The minimum Gasteiger partial charge on any atom is -0.368 e. The van der Waals surface area contributed by atoms with Crippen LogP contribution in [0.5, 0.6) is 0 Å². The highest BCUT2D eigenvalue weighted by atomic mass is 16.5. The first-order valence-electron chi connectivity index (χ1n) is 6.97. The van der Waals surface area contributed by atoms with Gasteiger partial charge in [-0.05, 0) is 23.0 Å². The molecule has 1 aliphatic rings. The molecule has 100 valence electrons. The Hall–Kier alpha value is -0.860. The van der Waals surface area contributed by atoms with Crippen molar-refractivity contribution < 1.29 is 4.74 Å². The average Bonchev–Trinajstić information content (AvgIpc) is 2.38. The van der Waals surface area contributed by atoms with Gasteiger partial charge in [-0.2, -0.15) is 0 Å². The zero-order chi connectivity index (χ0) is 13.2. The average molecular weight is 247 g/mol. The molecule has 1 N–H and O–H groups in total. The van der Waals surface area contributed by atoms with E-state index >= 15 is 0 Å². The Bertz CT molecular complexity index is 377. The van der Waals surface area contributed by atoms with Gasteiger partial charge in [-0.25, -0.2) is 0 Å². The van der Waals surface area contributed by atoms with E-state index in [-0.39, 0.29) is 11.5 Å². The van der Waals surface area contributed by atoms with Gasteiger partial charge in [0.05, 0.1) is 12.2 Å². The van der Waals surface area contributed by atoms with Crippen LogP contribution >= 0.6 is 0 Å². The zero-order valence-electron chi connectivity index (χ0n) is 12.0. The Kier molecular flexibility index (Phi) is 4.08. The molecule has 0 aliphatic carbocycles. The summed E-state index contributed by atoms with van der Waals surface area (Å²) < 4.78 is 6.08. The summed E-state index contributed by atoms with van der Waals surface area (Å²) in [7, 11) is 0. The lowest BCUT2D eigenvalue weighted by Gasteiger charge is -2.31. The molecule has 2 unspecified atom stereocenters. The fourth-order valence-corrected chi connectivity index (χ4v) is 2.34. The number of rotatable bonds is 2. The summed E-state index contributed by atoms with van der Waals surface area (Å²) in [6, 6.07) is 8.89. The molecule has 0 saturated carbocycles. The van der Waals surface area contributed by atoms with Crippen molar-refractivity contribution in [2.24, 2.45) is 0 Å². The molecule has 1 heterocycles. The first-order chi connectivity index (χ1) is 8.50. The molecule has 1 fully saturated rings. The van der Waals surface area contributed by atoms with Crippen molar-refractivity contribution in [3.8, 4) is 0 Å². The smallest absolute Gasteiger partial charge is 0.0953 e. The largest absolute Gasteiger partial charge is 0.368 e. The van der Waals surface area contributed by atoms with Gasteiger partial charge in [0, 0.05) is 13.1 Å². The number of morpholine rings is 1. The third-order valence-corrected chi connectivity index (χ3v) is 3.66. The Balaban J connectivity index is 2.09. The van der Waals surface area contributed by atoms with Crippen molar-refractivity contribution in [1.29, 1.82) is 0 Å². The third-order valence-electron chi connectivity index (χ3n) is 3.66. The summed E-state index contributed by atoms with van der Waals surface area (Å²) in [5.74, 6) is 0. The van der Waals surface area contributed by atoms with E-state index in [2.05, 4.69) is 57.3 Å². The van der Waals surface area contributed by atoms with Crippen LogP contribution in [0.3, 0.4) is 0 Å². The Morgan fingerprint density at radius 2 is 1.83 bits per heavy atom. The van der Waals surface area contributed by atoms with Gasteiger partial charge in [0.2, 0.25) is 0 Å². The maximum Gasteiger partial charge on any atom is 0.0953 e. The predicted molar refractivity (Wildman–Crippen MR) is 75.9 cm³/mol. The van der Waals surface area contributed by atoms with Crippen LogP contribution in [0, 0.1) is 0 Å². The summed E-state index contributed by atoms with van der Waals surface area (Å²) >= 11 is 0. The molecule has 2 rings (SSSR count). The van der Waals surface area contributed by atoms with Crippen molar-refractivity contribution >= 4 is 0 Å². The number of nitrogens with one attached hydrogen (secondary N) is 1. The van der Waals surface area contributed by atoms with Crippen molar-refractivity contribution in [3.63, 3.8) is 0 Å². The number of benzene rings is 1. The van der Waals surface area contributed by atoms with Crippen LogP contribution < -0.4 is 5.32 Å². The number of hydrogen-bond donors (Lipinski definition) is 1. The molecule has 1 saturated heterocycles. The first kappa shape index (κ1) is 13.6. The van der Waals surface area contributed by atoms with Gasteiger partial charge in [0.15, 0.2) is 0 Å². The van der Waals surface area contributed by atoms with Gasteiger partial charge >= 0.3 is 0 Å². The van der Waals surface area contributed by atoms with Crippen LogP contribution in [0.4, 0.5) is 0 Å². The predicted octanol–water partition coefficient (Wildman–Crippen LogP) is 3.42. The van der Waals surface area contributed by atoms with E-state index in [0.29, 0.717) is 6.10 Å². The quantitative estimate of drug-likeness (QED) is 0.864. The van der Waals surface area contributed by atoms with Crippen molar-refractivity contribution in [2.75, 3.05) is 13.1 Å². The molecule has 18 heavy (non-hydrogen) atoms. The van der Waals surface area contributed by atoms with E-state index < -0.39 is 0 Å². The van der Waals surface area contributed by atoms with E-state index in [4.69, 9.17) is 4.74 Å². The SMILES string of the molecule is CCC1CNCC(c2ccc(C(C)(C)C)cc2)O1. The van der Waals surface area contributed by atoms with E-state index in [1.807, 2.05) is 0 Å². The van der Waals surface area contributed by atoms with E-state index in [9.17, 15) is 0 Å². The van der Waals surface area contributed by atoms with Crippen molar-refractivity contribution in [2.45, 2.75) is 51.7 Å². The van der Waals surface area contributed by atoms with Gasteiger partial charge in [0.1, 0.15) is 0 Å². The second-order valence-electron chi connectivity index (χ2n) is 6.19. The maximum absolute atomic E-state index is 6.08. The topological polar surface area (TPSA) is 21.3 Å². The standard InChI is InChI=1S/C16H25NO/c1-5-14-10-17-11-15(18-14)12-6-8-13(9-7-12)16(2,3)4/h6-9,14-15,17H,5,10-11H2,1-4H3. The molecule has 2 atom stereocenters. The molecule has 2 nitrogen and oxygen atoms in total. The second-order valence-corrected chi connectivity index (χ2v) is 6.19. The first-order valence-corrected chi connectivity index (χ1v) is 6.97. The Morgan fingerprint density at radius 1 is 1.17 bits per heavy atom. The fourth-order valence-electron chi connectivity index (χ4n) is 2.34. The van der Waals surface area contributed by atoms with Gasteiger partial charge in [0.25, 0.3) is 0 Å². The summed E-state index contributed by atoms with van der Waals surface area (Å²) in [5.41, 5.74) is 2.88. The molecular formula is C16H25NO. The normalized spacial score (nSPS) is 25.1. The van der Waals surface area contributed by atoms with Crippen LogP contribution in [0.15, 0.2) is 24.3 Å². The highest BCUT2D eigenvalue weighted by Gasteiger charge is 2.22. The minimum atomic E-state index is 0.206. The van der Waals surface area contributed by atoms with Crippen molar-refractivity contribution in [1.82, 2.24) is 5.32 Å². The summed E-state index contributed by atoms with van der Waals surface area (Å²) in [4.78, 5) is 0. The van der Waals surface area contributed by atoms with E-state index in [1.165, 1.54) is 11.1 Å². The fraction of sp³-hybridized carbons (Fsp3) is 0.625. The zero-order valence-corrected chi connectivity index (χ0v) is 12.0. The highest BCUT2D eigenvalue weighted by molar-refractivity contribution is 5.29. The lowest BCUT2D eigenvalue weighted by molar-refractivity contribution is -0.0399. The van der Waals surface area contributed by atoms with Crippen LogP contribution in [0.2, 0.25) is 0 Å². The lowest BCUT2D eigenvalue weighted by Crippen LogP contribution is -2.40. The minimum absolute atomic E-state index is 0.206. The van der Waals surface area contributed by atoms with Crippen LogP contribution in [-0.4, -0.2) is 19.2 Å². The summed E-state index contributed by atoms with van der Waals surface area (Å²) in [6.07, 6.45) is 1.63. The maximum atomic E-state index is 6.08. The van der Waals surface area contributed by atoms with Gasteiger partial charge < -0.3 is 10.1 Å². The molecular weight excluding hydrogens is 222 g/mol. The van der Waals surface area contributed by atoms with Crippen LogP contribution in [-0.2, 0) is 10.2 Å². The number of hydrogen-bond acceptors (Lipinski definition) is 2. The highest BCUT2D eigenvalue weighted by Crippen LogP contribution is 2.26. The monoisotopic (exact) mass is 247 g/mol. The van der Waals surface area contributed by atoms with Gasteiger partial charge in [-0.1, -0.05) is 52.0 Å². The van der Waals surface area contributed by atoms with E-state index in [0.717, 1.165) is 19.5 Å². The molecule has 0 radical (unpaired) electrons. The lowest BCUT2D eigenvalue weighted by atomic mass is 9.86. The molecule has 1 aromatic carbocycles. The molecule has 0 spiro atoms. The van der Waals surface area contributed by atoms with Crippen LogP contribution in [0.1, 0.15) is 51.3 Å². The summed E-state index contributed by atoms with van der Waals surface area (Å²) in [5, 5.41) is 3.45. The molecule has 2 heteroatoms. The summed E-state index contributed by atoms with van der Waals surface area (Å²) in [6.45, 7) is 10.8. The van der Waals surface area contributed by atoms with E-state index in [1.54, 1.807) is 0 Å². The van der Waals surface area contributed by atoms with Crippen molar-refractivity contribution in [3.05, 3.63) is 35.4 Å². The molecule has 0 aromatic heterocycles. The van der Waals surface area contributed by atoms with Gasteiger partial charge in [-0.3, -0.25) is 0 Å². The number of ether oxygens (including phenoxy) is 1. The molecule has 0 bridgehead atoms. The molecule has 1 aliphatic heterocycles. The Morgan fingerprint density at radius 3 is 2.39 bits per heavy atom. The Labute approximate surface area is 111 Å². The molecule has 0 amide bonds. The third kappa shape index (κ3) is 3.12. The van der Waals surface area contributed by atoms with Gasteiger partial charge in [-0.15, -0.1) is 0 Å². The molecule has 1 aromatic rings. The second kappa shape index (κ2) is 5.41.